The van der Waals surface area contributed by atoms with E-state index in [0.717, 1.165) is 11.1 Å². The van der Waals surface area contributed by atoms with Gasteiger partial charge in [-0.3, -0.25) is 4.68 Å². The van der Waals surface area contributed by atoms with Crippen LogP contribution in [0.5, 0.6) is 0 Å². The number of nitrogens with zero attached hydrogens (tertiary/aromatic N) is 2. The van der Waals surface area contributed by atoms with E-state index >= 15 is 0 Å². The molecule has 0 aliphatic heterocycles. The van der Waals surface area contributed by atoms with E-state index in [-0.39, 0.29) is 0 Å². The van der Waals surface area contributed by atoms with E-state index < -0.39 is 12.0 Å². The summed E-state index contributed by atoms with van der Waals surface area (Å²) in [6.45, 7) is 1.59. The summed E-state index contributed by atoms with van der Waals surface area (Å²) in [6, 6.07) is 6.68. The zero-order chi connectivity index (χ0) is 12.4. The normalized spacial score (nSPS) is 12.3. The molecular formula is C12H13N3O2. The van der Waals surface area contributed by atoms with Crippen molar-refractivity contribution in [1.82, 2.24) is 9.78 Å². The number of hydrogen-bond acceptors (Lipinski definition) is 3. The number of carbonyl (C=O) groups is 1. The van der Waals surface area contributed by atoms with Crippen LogP contribution in [0.1, 0.15) is 13.0 Å². The van der Waals surface area contributed by atoms with Crippen molar-refractivity contribution in [3.05, 3.63) is 36.7 Å². The van der Waals surface area contributed by atoms with E-state index in [1.807, 2.05) is 12.1 Å². The molecule has 1 aromatic carbocycles. The van der Waals surface area contributed by atoms with E-state index in [0.29, 0.717) is 5.69 Å². The van der Waals surface area contributed by atoms with Crippen LogP contribution in [0.2, 0.25) is 0 Å². The molecule has 1 unspecified atom stereocenters. The van der Waals surface area contributed by atoms with Crippen LogP contribution in [-0.2, 0) is 4.79 Å². The Labute approximate surface area is 98.5 Å². The Morgan fingerprint density at radius 1 is 1.35 bits per heavy atom. The minimum Gasteiger partial charge on any atom is -0.480 e. The molecule has 0 bridgehead atoms. The predicted molar refractivity (Wildman–Crippen MR) is 64.4 cm³/mol. The molecule has 2 aromatic rings. The van der Waals surface area contributed by atoms with Gasteiger partial charge in [0.25, 0.3) is 0 Å². The lowest BCUT2D eigenvalue weighted by atomic mass is 10.1. The van der Waals surface area contributed by atoms with Crippen molar-refractivity contribution in [1.29, 1.82) is 0 Å². The number of aromatic nitrogens is 2. The minimum atomic E-state index is -0.906. The van der Waals surface area contributed by atoms with E-state index in [1.54, 1.807) is 31.5 Å². The molecule has 0 saturated carbocycles. The van der Waals surface area contributed by atoms with Crippen LogP contribution in [0, 0.1) is 0 Å². The lowest BCUT2D eigenvalue weighted by Gasteiger charge is -2.05. The van der Waals surface area contributed by atoms with Gasteiger partial charge in [-0.1, -0.05) is 12.1 Å². The molecular weight excluding hydrogens is 218 g/mol. The van der Waals surface area contributed by atoms with E-state index in [2.05, 4.69) is 5.10 Å². The average molecular weight is 231 g/mol. The number of carboxylic acids is 1. The van der Waals surface area contributed by atoms with E-state index in [9.17, 15) is 4.79 Å². The van der Waals surface area contributed by atoms with Crippen LogP contribution in [-0.4, -0.2) is 20.9 Å². The summed E-state index contributed by atoms with van der Waals surface area (Å²) in [5.41, 5.74) is 8.13. The molecule has 0 aliphatic rings. The Morgan fingerprint density at radius 3 is 2.59 bits per heavy atom. The summed E-state index contributed by atoms with van der Waals surface area (Å²) in [6.07, 6.45) is 3.36. The van der Waals surface area contributed by atoms with Gasteiger partial charge in [-0.05, 0) is 24.6 Å². The second-order valence-corrected chi connectivity index (χ2v) is 3.85. The maximum Gasteiger partial charge on any atom is 0.328 e. The SMILES string of the molecule is CC(C(=O)O)n1cc(-c2ccc(N)cc2)cn1. The molecule has 0 fully saturated rings. The molecule has 17 heavy (non-hydrogen) atoms. The maximum absolute atomic E-state index is 10.8. The van der Waals surface area contributed by atoms with Crippen molar-refractivity contribution in [3.8, 4) is 11.1 Å². The number of rotatable bonds is 3. The topological polar surface area (TPSA) is 81.1 Å². The quantitative estimate of drug-likeness (QED) is 0.789. The van der Waals surface area contributed by atoms with Gasteiger partial charge in [0.1, 0.15) is 6.04 Å². The van der Waals surface area contributed by atoms with Crippen molar-refractivity contribution in [2.24, 2.45) is 0 Å². The van der Waals surface area contributed by atoms with Gasteiger partial charge in [-0.25, -0.2) is 4.79 Å². The molecule has 0 radical (unpaired) electrons. The van der Waals surface area contributed by atoms with Crippen LogP contribution in [0.4, 0.5) is 5.69 Å². The highest BCUT2D eigenvalue weighted by Gasteiger charge is 2.14. The van der Waals surface area contributed by atoms with E-state index in [4.69, 9.17) is 10.8 Å². The first-order chi connectivity index (χ1) is 8.08. The van der Waals surface area contributed by atoms with Gasteiger partial charge in [0, 0.05) is 17.4 Å². The van der Waals surface area contributed by atoms with Crippen LogP contribution in [0.15, 0.2) is 36.7 Å². The number of anilines is 1. The molecule has 1 aromatic heterocycles. The molecule has 2 rings (SSSR count). The second kappa shape index (κ2) is 4.29. The molecule has 1 heterocycles. The first kappa shape index (κ1) is 11.2. The molecule has 5 nitrogen and oxygen atoms in total. The molecule has 0 spiro atoms. The Kier molecular flexibility index (Phi) is 2.82. The number of carboxylic acid groups (broad SMARTS) is 1. The first-order valence-corrected chi connectivity index (χ1v) is 5.21. The molecule has 0 amide bonds. The van der Waals surface area contributed by atoms with Crippen molar-refractivity contribution < 1.29 is 9.90 Å². The minimum absolute atomic E-state index is 0.669. The molecule has 3 N–H and O–H groups in total. The Balaban J connectivity index is 2.29. The Morgan fingerprint density at radius 2 is 2.00 bits per heavy atom. The van der Waals surface area contributed by atoms with Gasteiger partial charge < -0.3 is 10.8 Å². The molecule has 5 heteroatoms. The highest BCUT2D eigenvalue weighted by Crippen LogP contribution is 2.21. The third-order valence-electron chi connectivity index (χ3n) is 2.60. The fraction of sp³-hybridized carbons (Fsp3) is 0.167. The van der Waals surface area contributed by atoms with Crippen LogP contribution in [0.3, 0.4) is 0 Å². The van der Waals surface area contributed by atoms with Gasteiger partial charge in [-0.15, -0.1) is 0 Å². The third kappa shape index (κ3) is 2.28. The number of hydrogen-bond donors (Lipinski definition) is 2. The number of benzene rings is 1. The fourth-order valence-electron chi connectivity index (χ4n) is 1.49. The summed E-state index contributed by atoms with van der Waals surface area (Å²) >= 11 is 0. The highest BCUT2D eigenvalue weighted by atomic mass is 16.4. The Bertz CT molecular complexity index is 531. The summed E-state index contributed by atoms with van der Waals surface area (Å²) in [4.78, 5) is 10.8. The van der Waals surface area contributed by atoms with Gasteiger partial charge in [0.15, 0.2) is 0 Å². The highest BCUT2D eigenvalue weighted by molar-refractivity contribution is 5.71. The summed E-state index contributed by atoms with van der Waals surface area (Å²) < 4.78 is 1.42. The summed E-state index contributed by atoms with van der Waals surface area (Å²) in [7, 11) is 0. The predicted octanol–water partition coefficient (Wildman–Crippen LogP) is 1.78. The van der Waals surface area contributed by atoms with Crippen molar-refractivity contribution in [3.63, 3.8) is 0 Å². The first-order valence-electron chi connectivity index (χ1n) is 5.21. The number of nitrogen functional groups attached to an aromatic ring is 1. The van der Waals surface area contributed by atoms with Crippen LogP contribution in [0.25, 0.3) is 11.1 Å². The van der Waals surface area contributed by atoms with Crippen molar-refractivity contribution in [2.75, 3.05) is 5.73 Å². The van der Waals surface area contributed by atoms with Gasteiger partial charge >= 0.3 is 5.97 Å². The zero-order valence-corrected chi connectivity index (χ0v) is 9.37. The molecule has 0 saturated heterocycles. The summed E-state index contributed by atoms with van der Waals surface area (Å²) in [5, 5.41) is 12.9. The maximum atomic E-state index is 10.8. The smallest absolute Gasteiger partial charge is 0.328 e. The van der Waals surface area contributed by atoms with Crippen LogP contribution >= 0.6 is 0 Å². The van der Waals surface area contributed by atoms with Crippen molar-refractivity contribution >= 4 is 11.7 Å². The third-order valence-corrected chi connectivity index (χ3v) is 2.60. The lowest BCUT2D eigenvalue weighted by molar-refractivity contribution is -0.140. The molecule has 0 aliphatic carbocycles. The van der Waals surface area contributed by atoms with E-state index in [1.165, 1.54) is 4.68 Å². The van der Waals surface area contributed by atoms with Crippen LogP contribution < -0.4 is 5.73 Å². The largest absolute Gasteiger partial charge is 0.480 e. The van der Waals surface area contributed by atoms with Gasteiger partial charge in [-0.2, -0.15) is 5.10 Å². The fourth-order valence-corrected chi connectivity index (χ4v) is 1.49. The standard InChI is InChI=1S/C12H13N3O2/c1-8(12(16)17)15-7-10(6-14-15)9-2-4-11(13)5-3-9/h2-8H,13H2,1H3,(H,16,17). The number of nitrogens with two attached hydrogens (primary N) is 1. The van der Waals surface area contributed by atoms with Crippen molar-refractivity contribution in [2.45, 2.75) is 13.0 Å². The number of aliphatic carboxylic acids is 1. The molecule has 88 valence electrons. The zero-order valence-electron chi connectivity index (χ0n) is 9.37. The lowest BCUT2D eigenvalue weighted by Crippen LogP contribution is -2.15. The monoisotopic (exact) mass is 231 g/mol. The average Bonchev–Trinajstić information content (AvgIpc) is 2.78. The van der Waals surface area contributed by atoms with Gasteiger partial charge in [0.2, 0.25) is 0 Å². The molecule has 1 atom stereocenters. The Hall–Kier alpha value is -2.30. The van der Waals surface area contributed by atoms with Gasteiger partial charge in [0.05, 0.1) is 6.20 Å². The summed E-state index contributed by atoms with van der Waals surface area (Å²) in [5.74, 6) is -0.906. The second-order valence-electron chi connectivity index (χ2n) is 3.85.